The quantitative estimate of drug-likeness (QED) is 0.735. The number of benzene rings is 2. The molecule has 7 heteroatoms. The smallest absolute Gasteiger partial charge is 0.231 e. The normalized spacial score (nSPS) is 14.1. The average molecular weight is 341 g/mol. The van der Waals surface area contributed by atoms with Gasteiger partial charge in [0.25, 0.3) is 0 Å². The molecule has 0 saturated carbocycles. The van der Waals surface area contributed by atoms with E-state index in [0.717, 1.165) is 38.6 Å². The molecule has 3 aromatic rings. The molecule has 1 aliphatic rings. The van der Waals surface area contributed by atoms with Crippen molar-refractivity contribution in [2.75, 3.05) is 18.8 Å². The fraction of sp³-hybridized carbons (Fsp3) is 0.176. The predicted molar refractivity (Wildman–Crippen MR) is 91.7 cm³/mol. The first kappa shape index (κ1) is 15.0. The second kappa shape index (κ2) is 5.85. The van der Waals surface area contributed by atoms with Gasteiger partial charge in [-0.2, -0.15) is 0 Å². The lowest BCUT2D eigenvalue weighted by Gasteiger charge is -2.10. The number of anilines is 1. The van der Waals surface area contributed by atoms with E-state index in [1.807, 2.05) is 30.3 Å². The minimum atomic E-state index is -1.07. The molecule has 1 unspecified atom stereocenters. The molecule has 0 aliphatic carbocycles. The maximum absolute atomic E-state index is 11.8. The molecular weight excluding hydrogens is 326 g/mol. The van der Waals surface area contributed by atoms with Gasteiger partial charge in [0, 0.05) is 17.9 Å². The van der Waals surface area contributed by atoms with Gasteiger partial charge in [-0.15, -0.1) is 0 Å². The molecule has 1 aromatic heterocycles. The summed E-state index contributed by atoms with van der Waals surface area (Å²) in [6.07, 6.45) is 2.22. The molecule has 6 nitrogen and oxygen atoms in total. The van der Waals surface area contributed by atoms with Crippen molar-refractivity contribution in [3.05, 3.63) is 47.7 Å². The lowest BCUT2D eigenvalue weighted by atomic mass is 10.1. The van der Waals surface area contributed by atoms with Crippen LogP contribution < -0.4 is 15.2 Å². The zero-order chi connectivity index (χ0) is 16.7. The molecule has 0 fully saturated rings. The van der Waals surface area contributed by atoms with Gasteiger partial charge in [0.05, 0.1) is 11.2 Å². The van der Waals surface area contributed by atoms with E-state index in [0.29, 0.717) is 6.42 Å². The van der Waals surface area contributed by atoms with Crippen molar-refractivity contribution in [3.63, 3.8) is 0 Å². The van der Waals surface area contributed by atoms with Crippen molar-refractivity contribution in [3.8, 4) is 11.5 Å². The van der Waals surface area contributed by atoms with Crippen LogP contribution in [0.4, 0.5) is 5.95 Å². The SMILES string of the molecule is C[S+]([O-])c1ccc2nc(N)nc(Cc3ccc4c(c3)OCO4)c2c1. The molecule has 2 aromatic carbocycles. The minimum Gasteiger partial charge on any atom is -0.612 e. The van der Waals surface area contributed by atoms with Crippen molar-refractivity contribution in [1.82, 2.24) is 9.97 Å². The topological polar surface area (TPSA) is 93.3 Å². The third-order valence-corrected chi connectivity index (χ3v) is 4.82. The number of hydrogen-bond acceptors (Lipinski definition) is 6. The molecule has 0 radical (unpaired) electrons. The Kier molecular flexibility index (Phi) is 3.66. The number of nitrogens with zero attached hydrogens (tertiary/aromatic N) is 2. The lowest BCUT2D eigenvalue weighted by molar-refractivity contribution is 0.174. The highest BCUT2D eigenvalue weighted by Crippen LogP contribution is 2.33. The number of fused-ring (bicyclic) bond motifs is 2. The van der Waals surface area contributed by atoms with Crippen LogP contribution in [0.15, 0.2) is 41.3 Å². The summed E-state index contributed by atoms with van der Waals surface area (Å²) in [6.45, 7) is 0.244. The maximum atomic E-state index is 11.8. The highest BCUT2D eigenvalue weighted by Gasteiger charge is 2.16. The van der Waals surface area contributed by atoms with Crippen LogP contribution in [0.3, 0.4) is 0 Å². The monoisotopic (exact) mass is 341 g/mol. The zero-order valence-electron chi connectivity index (χ0n) is 13.0. The largest absolute Gasteiger partial charge is 0.612 e. The lowest BCUT2D eigenvalue weighted by Crippen LogP contribution is -2.03. The van der Waals surface area contributed by atoms with Crippen molar-refractivity contribution in [2.24, 2.45) is 0 Å². The molecule has 1 aliphatic heterocycles. The third-order valence-electron chi connectivity index (χ3n) is 3.90. The number of hydrogen-bond donors (Lipinski definition) is 1. The van der Waals surface area contributed by atoms with Gasteiger partial charge in [-0.25, -0.2) is 9.97 Å². The Morgan fingerprint density at radius 3 is 2.79 bits per heavy atom. The summed E-state index contributed by atoms with van der Waals surface area (Å²) >= 11 is -1.07. The second-order valence-electron chi connectivity index (χ2n) is 5.53. The molecule has 2 N–H and O–H groups in total. The number of nitrogens with two attached hydrogens (primary N) is 1. The molecule has 1 atom stereocenters. The highest BCUT2D eigenvalue weighted by molar-refractivity contribution is 7.90. The van der Waals surface area contributed by atoms with Crippen LogP contribution in [0.2, 0.25) is 0 Å². The van der Waals surface area contributed by atoms with E-state index >= 15 is 0 Å². The van der Waals surface area contributed by atoms with E-state index in [-0.39, 0.29) is 12.7 Å². The van der Waals surface area contributed by atoms with E-state index < -0.39 is 11.2 Å². The van der Waals surface area contributed by atoms with E-state index in [2.05, 4.69) is 9.97 Å². The summed E-state index contributed by atoms with van der Waals surface area (Å²) in [5.41, 5.74) is 8.41. The van der Waals surface area contributed by atoms with Gasteiger partial charge < -0.3 is 19.8 Å². The maximum Gasteiger partial charge on any atom is 0.231 e. The van der Waals surface area contributed by atoms with Crippen molar-refractivity contribution in [1.29, 1.82) is 0 Å². The van der Waals surface area contributed by atoms with Gasteiger partial charge in [0.1, 0.15) is 6.26 Å². The summed E-state index contributed by atoms with van der Waals surface area (Å²) in [5.74, 6) is 1.70. The average Bonchev–Trinajstić information content (AvgIpc) is 3.02. The molecule has 2 heterocycles. The third kappa shape index (κ3) is 2.72. The number of nitrogen functional groups attached to an aromatic ring is 1. The van der Waals surface area contributed by atoms with Crippen molar-refractivity contribution in [2.45, 2.75) is 11.3 Å². The van der Waals surface area contributed by atoms with Crippen LogP contribution in [0.5, 0.6) is 11.5 Å². The fourth-order valence-electron chi connectivity index (χ4n) is 2.75. The van der Waals surface area contributed by atoms with Crippen LogP contribution in [-0.2, 0) is 17.6 Å². The highest BCUT2D eigenvalue weighted by atomic mass is 32.2. The van der Waals surface area contributed by atoms with Gasteiger partial charge >= 0.3 is 0 Å². The summed E-state index contributed by atoms with van der Waals surface area (Å²) in [5, 5.41) is 0.856. The Hall–Kier alpha value is -2.51. The summed E-state index contributed by atoms with van der Waals surface area (Å²) in [4.78, 5) is 9.38. The van der Waals surface area contributed by atoms with E-state index in [9.17, 15) is 4.55 Å². The molecule has 4 rings (SSSR count). The van der Waals surface area contributed by atoms with Gasteiger partial charge in [0.15, 0.2) is 16.4 Å². The van der Waals surface area contributed by atoms with E-state index in [1.54, 1.807) is 12.3 Å². The predicted octanol–water partition coefficient (Wildman–Crippen LogP) is 2.27. The van der Waals surface area contributed by atoms with Crippen LogP contribution in [-0.4, -0.2) is 27.6 Å². The van der Waals surface area contributed by atoms with Crippen molar-refractivity contribution >= 4 is 28.0 Å². The summed E-state index contributed by atoms with van der Waals surface area (Å²) in [7, 11) is 0. The van der Waals surface area contributed by atoms with Crippen molar-refractivity contribution < 1.29 is 14.0 Å². The van der Waals surface area contributed by atoms with Gasteiger partial charge in [-0.3, -0.25) is 0 Å². The minimum absolute atomic E-state index is 0.226. The first-order valence-electron chi connectivity index (χ1n) is 7.38. The molecule has 24 heavy (non-hydrogen) atoms. The van der Waals surface area contributed by atoms with Gasteiger partial charge in [-0.05, 0) is 41.0 Å². The van der Waals surface area contributed by atoms with Crippen LogP contribution in [0.25, 0.3) is 10.9 Å². The molecule has 0 spiro atoms. The number of aromatic nitrogens is 2. The molecular formula is C17H15N3O3S. The Balaban J connectivity index is 1.78. The second-order valence-corrected chi connectivity index (χ2v) is 6.91. The Morgan fingerprint density at radius 1 is 1.12 bits per heavy atom. The molecule has 0 bridgehead atoms. The number of ether oxygens (including phenoxy) is 2. The molecule has 0 amide bonds. The molecule has 122 valence electrons. The summed E-state index contributed by atoms with van der Waals surface area (Å²) < 4.78 is 22.5. The van der Waals surface area contributed by atoms with Gasteiger partial charge in [0.2, 0.25) is 12.7 Å². The Labute approximate surface area is 141 Å². The van der Waals surface area contributed by atoms with Crippen LogP contribution in [0.1, 0.15) is 11.3 Å². The zero-order valence-corrected chi connectivity index (χ0v) is 13.8. The Bertz CT molecular complexity index is 930. The van der Waals surface area contributed by atoms with Gasteiger partial charge in [-0.1, -0.05) is 6.07 Å². The van der Waals surface area contributed by atoms with Crippen LogP contribution >= 0.6 is 0 Å². The van der Waals surface area contributed by atoms with E-state index in [1.165, 1.54) is 0 Å². The summed E-state index contributed by atoms with van der Waals surface area (Å²) in [6, 6.07) is 11.3. The standard InChI is InChI=1S/C17H15N3O3S/c1-24(21)11-3-4-13-12(8-11)14(20-17(18)19-13)6-10-2-5-15-16(7-10)23-9-22-15/h2-5,7-8H,6,9H2,1H3,(H2,18,19,20). The van der Waals surface area contributed by atoms with E-state index in [4.69, 9.17) is 15.2 Å². The molecule has 0 saturated heterocycles. The first-order valence-corrected chi connectivity index (χ1v) is 8.94. The Morgan fingerprint density at radius 2 is 1.96 bits per heavy atom. The first-order chi connectivity index (χ1) is 11.6. The van der Waals surface area contributed by atoms with Crippen LogP contribution in [0, 0.1) is 0 Å². The number of rotatable bonds is 3. The fourth-order valence-corrected chi connectivity index (χ4v) is 3.29.